The fourth-order valence-electron chi connectivity index (χ4n) is 2.93. The molecule has 0 bridgehead atoms. The van der Waals surface area contributed by atoms with E-state index in [0.29, 0.717) is 28.4 Å². The van der Waals surface area contributed by atoms with E-state index in [9.17, 15) is 13.2 Å². The Kier molecular flexibility index (Phi) is 6.50. The lowest BCUT2D eigenvalue weighted by atomic mass is 10.1. The summed E-state index contributed by atoms with van der Waals surface area (Å²) < 4.78 is 38.5. The zero-order chi connectivity index (χ0) is 22.6. The van der Waals surface area contributed by atoms with Gasteiger partial charge in [0.05, 0.1) is 24.8 Å². The second-order valence-corrected chi connectivity index (χ2v) is 8.62. The predicted octanol–water partition coefficient (Wildman–Crippen LogP) is 4.37. The molecule has 3 aromatic carbocycles. The molecule has 1 amide bonds. The number of carbonyl (C=O) groups is 1. The summed E-state index contributed by atoms with van der Waals surface area (Å²) in [6.07, 6.45) is 0. The Morgan fingerprint density at radius 1 is 0.871 bits per heavy atom. The Labute approximate surface area is 182 Å². The van der Waals surface area contributed by atoms with Crippen molar-refractivity contribution in [1.82, 2.24) is 0 Å². The van der Waals surface area contributed by atoms with Crippen LogP contribution in [0.1, 0.15) is 21.5 Å². The molecule has 0 aromatic heterocycles. The van der Waals surface area contributed by atoms with Crippen molar-refractivity contribution in [3.63, 3.8) is 0 Å². The van der Waals surface area contributed by atoms with Gasteiger partial charge < -0.3 is 14.8 Å². The summed E-state index contributed by atoms with van der Waals surface area (Å²) in [5, 5.41) is 2.76. The fraction of sp³-hybridized carbons (Fsp3) is 0.174. The quantitative estimate of drug-likeness (QED) is 0.569. The van der Waals surface area contributed by atoms with Gasteiger partial charge in [-0.05, 0) is 55.3 Å². The molecule has 0 aliphatic rings. The largest absolute Gasteiger partial charge is 0.497 e. The van der Waals surface area contributed by atoms with E-state index in [4.69, 9.17) is 9.47 Å². The monoisotopic (exact) mass is 440 g/mol. The number of anilines is 2. The molecule has 0 fully saturated rings. The van der Waals surface area contributed by atoms with Crippen molar-refractivity contribution in [1.29, 1.82) is 0 Å². The van der Waals surface area contributed by atoms with Gasteiger partial charge in [0.25, 0.3) is 15.9 Å². The van der Waals surface area contributed by atoms with Crippen LogP contribution in [-0.4, -0.2) is 28.5 Å². The molecule has 0 heterocycles. The van der Waals surface area contributed by atoms with E-state index in [1.165, 1.54) is 38.5 Å². The fourth-order valence-corrected chi connectivity index (χ4v) is 4.06. The molecule has 31 heavy (non-hydrogen) atoms. The lowest BCUT2D eigenvalue weighted by molar-refractivity contribution is 0.102. The van der Waals surface area contributed by atoms with E-state index in [2.05, 4.69) is 10.0 Å². The van der Waals surface area contributed by atoms with Crippen LogP contribution in [0.4, 0.5) is 11.4 Å². The summed E-state index contributed by atoms with van der Waals surface area (Å²) in [5.41, 5.74) is 3.17. The first kappa shape index (κ1) is 22.2. The van der Waals surface area contributed by atoms with Crippen LogP contribution in [0.5, 0.6) is 11.5 Å². The molecule has 0 spiro atoms. The molecule has 0 unspecified atom stereocenters. The Hall–Kier alpha value is -3.52. The van der Waals surface area contributed by atoms with E-state index in [1.807, 2.05) is 19.9 Å². The minimum Gasteiger partial charge on any atom is -0.497 e. The highest BCUT2D eigenvalue weighted by Gasteiger charge is 2.17. The summed E-state index contributed by atoms with van der Waals surface area (Å²) in [7, 11) is -0.747. The Bertz CT molecular complexity index is 1180. The number of benzene rings is 3. The number of methoxy groups -OCH3 is 2. The van der Waals surface area contributed by atoms with E-state index >= 15 is 0 Å². The van der Waals surface area contributed by atoms with Crippen molar-refractivity contribution in [2.75, 3.05) is 24.3 Å². The van der Waals surface area contributed by atoms with Crippen molar-refractivity contribution < 1.29 is 22.7 Å². The van der Waals surface area contributed by atoms with Crippen LogP contribution in [0.2, 0.25) is 0 Å². The summed E-state index contributed by atoms with van der Waals surface area (Å²) >= 11 is 0. The molecule has 0 aliphatic heterocycles. The third-order valence-electron chi connectivity index (χ3n) is 4.89. The van der Waals surface area contributed by atoms with Gasteiger partial charge in [0.1, 0.15) is 11.5 Å². The highest BCUT2D eigenvalue weighted by Crippen LogP contribution is 2.26. The number of hydrogen-bond donors (Lipinski definition) is 2. The van der Waals surface area contributed by atoms with Crippen LogP contribution >= 0.6 is 0 Å². The van der Waals surface area contributed by atoms with Gasteiger partial charge in [-0.25, -0.2) is 8.42 Å². The number of carbonyl (C=O) groups excluding carboxylic acids is 1. The number of sulfonamides is 1. The average Bonchev–Trinajstić information content (AvgIpc) is 2.76. The number of rotatable bonds is 7. The van der Waals surface area contributed by atoms with Gasteiger partial charge in [0, 0.05) is 29.4 Å². The maximum atomic E-state index is 12.7. The minimum atomic E-state index is -3.79. The standard InChI is InChI=1S/C23H24N2O5S/c1-15-6-5-7-22(16(15)2)25-31(27,28)21-10-8-17(9-11-21)23(26)24-18-12-19(29-3)14-20(13-18)30-4/h5-14,25H,1-4H3,(H,24,26). The molecule has 0 aliphatic carbocycles. The van der Waals surface area contributed by atoms with Crippen molar-refractivity contribution in [3.8, 4) is 11.5 Å². The molecular formula is C23H24N2O5S. The van der Waals surface area contributed by atoms with Crippen LogP contribution in [0.25, 0.3) is 0 Å². The Morgan fingerprint density at radius 3 is 2.06 bits per heavy atom. The third-order valence-corrected chi connectivity index (χ3v) is 6.27. The lowest BCUT2D eigenvalue weighted by Gasteiger charge is -2.13. The van der Waals surface area contributed by atoms with Gasteiger partial charge in [0.15, 0.2) is 0 Å². The first-order valence-electron chi connectivity index (χ1n) is 9.47. The molecule has 0 radical (unpaired) electrons. The van der Waals surface area contributed by atoms with Crippen LogP contribution < -0.4 is 19.5 Å². The van der Waals surface area contributed by atoms with Gasteiger partial charge in [0.2, 0.25) is 0 Å². The van der Waals surface area contributed by atoms with Crippen molar-refractivity contribution in [2.45, 2.75) is 18.7 Å². The first-order valence-corrected chi connectivity index (χ1v) is 11.0. The van der Waals surface area contributed by atoms with E-state index in [-0.39, 0.29) is 10.8 Å². The third kappa shape index (κ3) is 5.16. The number of aryl methyl sites for hydroxylation is 1. The van der Waals surface area contributed by atoms with E-state index in [1.54, 1.807) is 30.3 Å². The highest BCUT2D eigenvalue weighted by molar-refractivity contribution is 7.92. The molecule has 7 nitrogen and oxygen atoms in total. The van der Waals surface area contributed by atoms with Gasteiger partial charge in [-0.1, -0.05) is 12.1 Å². The van der Waals surface area contributed by atoms with E-state index in [0.717, 1.165) is 11.1 Å². The smallest absolute Gasteiger partial charge is 0.261 e. The summed E-state index contributed by atoms with van der Waals surface area (Å²) in [6.45, 7) is 3.77. The predicted molar refractivity (Wildman–Crippen MR) is 121 cm³/mol. The molecule has 8 heteroatoms. The number of nitrogens with one attached hydrogen (secondary N) is 2. The molecular weight excluding hydrogens is 416 g/mol. The Morgan fingerprint density at radius 2 is 1.48 bits per heavy atom. The molecule has 0 saturated heterocycles. The SMILES string of the molecule is COc1cc(NC(=O)c2ccc(S(=O)(=O)Nc3cccc(C)c3C)cc2)cc(OC)c1. The molecule has 3 aromatic rings. The summed E-state index contributed by atoms with van der Waals surface area (Å²) in [4.78, 5) is 12.7. The van der Waals surface area contributed by atoms with Crippen molar-refractivity contribution >= 4 is 27.3 Å². The first-order chi connectivity index (χ1) is 14.7. The minimum absolute atomic E-state index is 0.0630. The molecule has 0 atom stereocenters. The van der Waals surface area contributed by atoms with Crippen molar-refractivity contribution in [3.05, 3.63) is 77.4 Å². The Balaban J connectivity index is 1.78. The maximum Gasteiger partial charge on any atom is 0.261 e. The molecule has 0 saturated carbocycles. The van der Waals surface area contributed by atoms with Crippen LogP contribution in [-0.2, 0) is 10.0 Å². The van der Waals surface area contributed by atoms with Crippen LogP contribution in [0.15, 0.2) is 65.6 Å². The normalized spacial score (nSPS) is 11.0. The lowest BCUT2D eigenvalue weighted by Crippen LogP contribution is -2.15. The number of hydrogen-bond acceptors (Lipinski definition) is 5. The van der Waals surface area contributed by atoms with Gasteiger partial charge in [-0.15, -0.1) is 0 Å². The van der Waals surface area contributed by atoms with Gasteiger partial charge >= 0.3 is 0 Å². The molecule has 2 N–H and O–H groups in total. The number of ether oxygens (including phenoxy) is 2. The zero-order valence-electron chi connectivity index (χ0n) is 17.7. The highest BCUT2D eigenvalue weighted by atomic mass is 32.2. The van der Waals surface area contributed by atoms with Crippen LogP contribution in [0, 0.1) is 13.8 Å². The second kappa shape index (κ2) is 9.09. The summed E-state index contributed by atoms with van der Waals surface area (Å²) in [5.74, 6) is 0.684. The number of amides is 1. The van der Waals surface area contributed by atoms with Gasteiger partial charge in [-0.3, -0.25) is 9.52 Å². The zero-order valence-corrected chi connectivity index (χ0v) is 18.5. The average molecular weight is 441 g/mol. The van der Waals surface area contributed by atoms with Crippen LogP contribution in [0.3, 0.4) is 0 Å². The van der Waals surface area contributed by atoms with Crippen molar-refractivity contribution in [2.24, 2.45) is 0 Å². The van der Waals surface area contributed by atoms with Gasteiger partial charge in [-0.2, -0.15) is 0 Å². The summed E-state index contributed by atoms with van der Waals surface area (Å²) in [6, 6.07) is 16.2. The topological polar surface area (TPSA) is 93.7 Å². The van der Waals surface area contributed by atoms with E-state index < -0.39 is 10.0 Å². The molecule has 3 rings (SSSR count). The second-order valence-electron chi connectivity index (χ2n) is 6.93. The molecule has 162 valence electrons. The maximum absolute atomic E-state index is 12.7.